The molecule has 0 aromatic heterocycles. The lowest BCUT2D eigenvalue weighted by Gasteiger charge is -2.34. The van der Waals surface area contributed by atoms with E-state index in [4.69, 9.17) is 11.6 Å². The van der Waals surface area contributed by atoms with E-state index in [1.807, 2.05) is 11.9 Å². The highest BCUT2D eigenvalue weighted by atomic mass is 35.5. The first-order valence-electron chi connectivity index (χ1n) is 8.59. The number of phenols is 1. The lowest BCUT2D eigenvalue weighted by molar-refractivity contribution is -0.137. The molecule has 3 rings (SSSR count). The Morgan fingerprint density at radius 3 is 2.39 bits per heavy atom. The number of nitrogens with one attached hydrogen (secondary N) is 1. The first-order valence-corrected chi connectivity index (χ1v) is 8.97. The van der Waals surface area contributed by atoms with Crippen LogP contribution in [0.3, 0.4) is 0 Å². The molecule has 5 nitrogen and oxygen atoms in total. The van der Waals surface area contributed by atoms with Gasteiger partial charge >= 0.3 is 6.18 Å². The van der Waals surface area contributed by atoms with Gasteiger partial charge in [-0.05, 0) is 43.4 Å². The summed E-state index contributed by atoms with van der Waals surface area (Å²) in [6.07, 6.45) is -4.54. The number of phenolic OH excluding ortho intramolecular Hbond substituents is 1. The van der Waals surface area contributed by atoms with Crippen LogP contribution >= 0.6 is 11.6 Å². The van der Waals surface area contributed by atoms with Crippen LogP contribution in [0.25, 0.3) is 0 Å². The van der Waals surface area contributed by atoms with Gasteiger partial charge in [0.05, 0.1) is 10.6 Å². The lowest BCUT2D eigenvalue weighted by Crippen LogP contribution is -2.44. The zero-order valence-corrected chi connectivity index (χ0v) is 15.8. The van der Waals surface area contributed by atoms with Gasteiger partial charge in [-0.2, -0.15) is 13.2 Å². The van der Waals surface area contributed by atoms with Gasteiger partial charge in [-0.3, -0.25) is 4.79 Å². The van der Waals surface area contributed by atoms with Crippen LogP contribution in [0.4, 0.5) is 24.5 Å². The molecule has 0 atom stereocenters. The zero-order valence-electron chi connectivity index (χ0n) is 15.1. The molecular weight excluding hydrogens is 395 g/mol. The number of anilines is 2. The second-order valence-electron chi connectivity index (χ2n) is 6.68. The van der Waals surface area contributed by atoms with E-state index in [1.165, 1.54) is 18.2 Å². The third-order valence-corrected chi connectivity index (χ3v) is 4.90. The summed E-state index contributed by atoms with van der Waals surface area (Å²) in [6.45, 7) is 2.66. The first kappa shape index (κ1) is 20.3. The zero-order chi connectivity index (χ0) is 20.5. The number of rotatable bonds is 3. The molecule has 28 heavy (non-hydrogen) atoms. The van der Waals surface area contributed by atoms with Gasteiger partial charge in [0.1, 0.15) is 5.75 Å². The van der Waals surface area contributed by atoms with Crippen molar-refractivity contribution in [2.75, 3.05) is 43.4 Å². The molecule has 2 N–H and O–H groups in total. The van der Waals surface area contributed by atoms with Crippen LogP contribution in [-0.2, 0) is 6.18 Å². The van der Waals surface area contributed by atoms with Crippen molar-refractivity contribution in [1.29, 1.82) is 0 Å². The molecule has 1 aliphatic heterocycles. The summed E-state index contributed by atoms with van der Waals surface area (Å²) in [6, 6.07) is 7.39. The van der Waals surface area contributed by atoms with E-state index in [-0.39, 0.29) is 22.0 Å². The van der Waals surface area contributed by atoms with Gasteiger partial charge in [-0.15, -0.1) is 0 Å². The minimum absolute atomic E-state index is 0.0307. The second kappa shape index (κ2) is 7.89. The van der Waals surface area contributed by atoms with Crippen LogP contribution in [0.2, 0.25) is 5.02 Å². The molecule has 0 bridgehead atoms. The van der Waals surface area contributed by atoms with Gasteiger partial charge in [-0.1, -0.05) is 11.6 Å². The fraction of sp³-hybridized carbons (Fsp3) is 0.316. The highest BCUT2D eigenvalue weighted by Crippen LogP contribution is 2.35. The van der Waals surface area contributed by atoms with Gasteiger partial charge in [0.25, 0.3) is 5.91 Å². The van der Waals surface area contributed by atoms with Gasteiger partial charge in [0.15, 0.2) is 0 Å². The Kier molecular flexibility index (Phi) is 5.71. The number of hydrogen-bond donors (Lipinski definition) is 2. The SMILES string of the molecule is CN1CCN(c2cc(NC(=O)c3ccc(Cl)c(O)c3)cc(C(F)(F)F)c2)CC1. The fourth-order valence-corrected chi connectivity index (χ4v) is 3.07. The molecule has 0 radical (unpaired) electrons. The molecular formula is C19H19ClF3N3O2. The molecule has 2 aromatic rings. The van der Waals surface area contributed by atoms with Crippen molar-refractivity contribution in [2.24, 2.45) is 0 Å². The number of carbonyl (C=O) groups is 1. The maximum absolute atomic E-state index is 13.3. The maximum atomic E-state index is 13.3. The Balaban J connectivity index is 1.89. The third kappa shape index (κ3) is 4.69. The van der Waals surface area contributed by atoms with Crippen LogP contribution < -0.4 is 10.2 Å². The smallest absolute Gasteiger partial charge is 0.416 e. The average Bonchev–Trinajstić information content (AvgIpc) is 2.63. The number of nitrogens with zero attached hydrogens (tertiary/aromatic N) is 2. The predicted molar refractivity (Wildman–Crippen MR) is 102 cm³/mol. The molecule has 1 fully saturated rings. The van der Waals surface area contributed by atoms with Crippen molar-refractivity contribution in [3.05, 3.63) is 52.5 Å². The van der Waals surface area contributed by atoms with Crippen molar-refractivity contribution in [3.8, 4) is 5.75 Å². The maximum Gasteiger partial charge on any atom is 0.416 e. The van der Waals surface area contributed by atoms with E-state index in [0.29, 0.717) is 18.8 Å². The number of alkyl halides is 3. The average molecular weight is 414 g/mol. The third-order valence-electron chi connectivity index (χ3n) is 4.58. The molecule has 2 aromatic carbocycles. The highest BCUT2D eigenvalue weighted by molar-refractivity contribution is 6.32. The first-order chi connectivity index (χ1) is 13.1. The minimum Gasteiger partial charge on any atom is -0.506 e. The monoisotopic (exact) mass is 413 g/mol. The van der Waals surface area contributed by atoms with Crippen LogP contribution in [0.5, 0.6) is 5.75 Å². The van der Waals surface area contributed by atoms with Crippen LogP contribution in [0, 0.1) is 0 Å². The summed E-state index contributed by atoms with van der Waals surface area (Å²) < 4.78 is 40.0. The summed E-state index contributed by atoms with van der Waals surface area (Å²) in [7, 11) is 1.96. The van der Waals surface area contributed by atoms with Crippen LogP contribution in [0.15, 0.2) is 36.4 Å². The van der Waals surface area contributed by atoms with E-state index in [9.17, 15) is 23.1 Å². The van der Waals surface area contributed by atoms with Crippen molar-refractivity contribution in [2.45, 2.75) is 6.18 Å². The van der Waals surface area contributed by atoms with Gasteiger partial charge < -0.3 is 20.2 Å². The number of aromatic hydroxyl groups is 1. The Hall–Kier alpha value is -2.45. The van der Waals surface area contributed by atoms with Crippen LogP contribution in [-0.4, -0.2) is 49.1 Å². The summed E-state index contributed by atoms with van der Waals surface area (Å²) >= 11 is 5.72. The topological polar surface area (TPSA) is 55.8 Å². The quantitative estimate of drug-likeness (QED) is 0.796. The summed E-state index contributed by atoms with van der Waals surface area (Å²) in [5, 5.41) is 12.2. The number of benzene rings is 2. The second-order valence-corrected chi connectivity index (χ2v) is 7.08. The Bertz CT molecular complexity index is 881. The van der Waals surface area contributed by atoms with Gasteiger partial charge in [-0.25, -0.2) is 0 Å². The molecule has 9 heteroatoms. The standard InChI is InChI=1S/C19H19ClF3N3O2/c1-25-4-6-26(7-5-25)15-10-13(19(21,22)23)9-14(11-15)24-18(28)12-2-3-16(20)17(27)8-12/h2-3,8-11,27H,4-7H2,1H3,(H,24,28). The van der Waals surface area contributed by atoms with E-state index >= 15 is 0 Å². The summed E-state index contributed by atoms with van der Waals surface area (Å²) in [4.78, 5) is 16.4. The Morgan fingerprint density at radius 1 is 1.11 bits per heavy atom. The van der Waals surface area contributed by atoms with E-state index in [2.05, 4.69) is 10.2 Å². The summed E-state index contributed by atoms with van der Waals surface area (Å²) in [5.41, 5.74) is -0.320. The normalized spacial score (nSPS) is 15.5. The molecule has 0 unspecified atom stereocenters. The molecule has 0 spiro atoms. The largest absolute Gasteiger partial charge is 0.506 e. The summed E-state index contributed by atoms with van der Waals surface area (Å²) in [5.74, 6) is -0.924. The van der Waals surface area contributed by atoms with E-state index in [0.717, 1.165) is 31.3 Å². The van der Waals surface area contributed by atoms with Crippen molar-refractivity contribution >= 4 is 28.9 Å². The molecule has 1 heterocycles. The predicted octanol–water partition coefficient (Wildman–Crippen LogP) is 4.07. The number of halogens is 4. The molecule has 0 aliphatic carbocycles. The molecule has 1 aliphatic rings. The molecule has 150 valence electrons. The van der Waals surface area contributed by atoms with E-state index in [1.54, 1.807) is 0 Å². The Morgan fingerprint density at radius 2 is 1.79 bits per heavy atom. The van der Waals surface area contributed by atoms with Crippen molar-refractivity contribution < 1.29 is 23.1 Å². The van der Waals surface area contributed by atoms with Crippen LogP contribution in [0.1, 0.15) is 15.9 Å². The molecule has 1 saturated heterocycles. The fourth-order valence-electron chi connectivity index (χ4n) is 2.95. The number of hydrogen-bond acceptors (Lipinski definition) is 4. The molecule has 1 amide bonds. The number of likely N-dealkylation sites (N-methyl/N-ethyl adjacent to an activating group) is 1. The highest BCUT2D eigenvalue weighted by Gasteiger charge is 2.32. The number of amides is 1. The minimum atomic E-state index is -4.54. The van der Waals surface area contributed by atoms with E-state index < -0.39 is 17.6 Å². The number of carbonyl (C=O) groups excluding carboxylic acids is 1. The van der Waals surface area contributed by atoms with Crippen molar-refractivity contribution in [1.82, 2.24) is 4.90 Å². The lowest BCUT2D eigenvalue weighted by atomic mass is 10.1. The van der Waals surface area contributed by atoms with Gasteiger partial charge in [0.2, 0.25) is 0 Å². The van der Waals surface area contributed by atoms with Gasteiger partial charge in [0, 0.05) is 43.1 Å². The molecule has 0 saturated carbocycles. The number of piperazine rings is 1. The van der Waals surface area contributed by atoms with Crippen molar-refractivity contribution in [3.63, 3.8) is 0 Å². The Labute approximate surface area is 165 Å².